The van der Waals surface area contributed by atoms with E-state index in [1.165, 1.54) is 16.3 Å². The van der Waals surface area contributed by atoms with Gasteiger partial charge in [-0.25, -0.2) is 0 Å². The molecule has 0 spiro atoms. The molecule has 2 aromatic carbocycles. The molecule has 2 heterocycles. The molecule has 2 N–H and O–H groups in total. The van der Waals surface area contributed by atoms with Gasteiger partial charge >= 0.3 is 0 Å². The van der Waals surface area contributed by atoms with Gasteiger partial charge in [0.25, 0.3) is 0 Å². The Bertz CT molecular complexity index is 971. The van der Waals surface area contributed by atoms with Crippen LogP contribution >= 0.6 is 0 Å². The molecule has 4 aromatic rings. The van der Waals surface area contributed by atoms with Crippen molar-refractivity contribution in [3.8, 4) is 0 Å². The summed E-state index contributed by atoms with van der Waals surface area (Å²) < 4.78 is 0. The molecule has 0 atom stereocenters. The Labute approximate surface area is 128 Å². The molecule has 0 aliphatic carbocycles. The first-order chi connectivity index (χ1) is 10.8. The summed E-state index contributed by atoms with van der Waals surface area (Å²) in [6.07, 6.45) is 6.44. The Hall–Kier alpha value is -2.94. The average Bonchev–Trinajstić information content (AvgIpc) is 2.55. The molecule has 22 heavy (non-hydrogen) atoms. The first kappa shape index (κ1) is 12.8. The molecule has 0 fully saturated rings. The number of nitrogens with two attached hydrogens (primary N) is 1. The van der Waals surface area contributed by atoms with Crippen molar-refractivity contribution in [2.45, 2.75) is 6.42 Å². The fourth-order valence-electron chi connectivity index (χ4n) is 2.83. The minimum Gasteiger partial charge on any atom is -0.399 e. The van der Waals surface area contributed by atoms with E-state index in [0.717, 1.165) is 28.6 Å². The van der Waals surface area contributed by atoms with Crippen LogP contribution in [0.1, 0.15) is 11.3 Å². The predicted octanol–water partition coefficient (Wildman–Crippen LogP) is 3.96. The summed E-state index contributed by atoms with van der Waals surface area (Å²) in [4.78, 5) is 8.81. The summed E-state index contributed by atoms with van der Waals surface area (Å²) >= 11 is 0. The van der Waals surface area contributed by atoms with Crippen LogP contribution in [-0.2, 0) is 6.42 Å². The zero-order valence-electron chi connectivity index (χ0n) is 12.0. The number of nitrogen functional groups attached to an aromatic ring is 1. The third-order valence-corrected chi connectivity index (χ3v) is 3.95. The van der Waals surface area contributed by atoms with Gasteiger partial charge in [-0.2, -0.15) is 0 Å². The second-order valence-corrected chi connectivity index (χ2v) is 5.47. The lowest BCUT2D eigenvalue weighted by atomic mass is 10.0. The van der Waals surface area contributed by atoms with Gasteiger partial charge in [-0.1, -0.05) is 24.3 Å². The van der Waals surface area contributed by atoms with E-state index >= 15 is 0 Å². The number of nitrogens with zero attached hydrogens (tertiary/aromatic N) is 2. The molecule has 0 unspecified atom stereocenters. The van der Waals surface area contributed by atoms with E-state index in [-0.39, 0.29) is 0 Å². The van der Waals surface area contributed by atoms with E-state index < -0.39 is 0 Å². The molecule has 3 nitrogen and oxygen atoms in total. The zero-order valence-corrected chi connectivity index (χ0v) is 12.0. The first-order valence-electron chi connectivity index (χ1n) is 7.25. The fourth-order valence-corrected chi connectivity index (χ4v) is 2.83. The Morgan fingerprint density at radius 2 is 1.82 bits per heavy atom. The Morgan fingerprint density at radius 1 is 0.864 bits per heavy atom. The molecule has 0 bridgehead atoms. The zero-order chi connectivity index (χ0) is 14.9. The minimum absolute atomic E-state index is 0.766. The number of pyridine rings is 2. The van der Waals surface area contributed by atoms with Gasteiger partial charge in [-0.05, 0) is 40.6 Å². The Morgan fingerprint density at radius 3 is 2.77 bits per heavy atom. The van der Waals surface area contributed by atoms with Gasteiger partial charge in [0.05, 0.1) is 0 Å². The molecule has 2 aromatic heterocycles. The third kappa shape index (κ3) is 2.27. The van der Waals surface area contributed by atoms with Gasteiger partial charge in [0.1, 0.15) is 0 Å². The maximum atomic E-state index is 5.81. The lowest BCUT2D eigenvalue weighted by molar-refractivity contribution is 1.09. The number of aromatic nitrogens is 2. The molecule has 3 heteroatoms. The number of anilines is 1. The highest BCUT2D eigenvalue weighted by molar-refractivity contribution is 5.86. The second-order valence-electron chi connectivity index (χ2n) is 5.47. The van der Waals surface area contributed by atoms with Crippen LogP contribution in [0.15, 0.2) is 67.1 Å². The van der Waals surface area contributed by atoms with Gasteiger partial charge in [-0.3, -0.25) is 9.97 Å². The van der Waals surface area contributed by atoms with E-state index in [1.54, 1.807) is 0 Å². The SMILES string of the molecule is Nc1ccc2cc(Cc3cccc4ccncc34)ncc2c1. The van der Waals surface area contributed by atoms with Crippen molar-refractivity contribution in [1.82, 2.24) is 9.97 Å². The largest absolute Gasteiger partial charge is 0.399 e. The van der Waals surface area contributed by atoms with Crippen LogP contribution in [0.4, 0.5) is 5.69 Å². The predicted molar refractivity (Wildman–Crippen MR) is 90.7 cm³/mol. The molecule has 0 aliphatic rings. The number of hydrogen-bond donors (Lipinski definition) is 1. The maximum absolute atomic E-state index is 5.81. The normalized spacial score (nSPS) is 11.1. The van der Waals surface area contributed by atoms with E-state index in [1.807, 2.05) is 42.9 Å². The molecular weight excluding hydrogens is 270 g/mol. The number of benzene rings is 2. The van der Waals surface area contributed by atoms with E-state index in [0.29, 0.717) is 0 Å². The van der Waals surface area contributed by atoms with Crippen LogP contribution < -0.4 is 5.73 Å². The molecule has 0 aliphatic heterocycles. The van der Waals surface area contributed by atoms with Crippen LogP contribution in [0.25, 0.3) is 21.5 Å². The second kappa shape index (κ2) is 5.11. The van der Waals surface area contributed by atoms with Gasteiger partial charge in [0, 0.05) is 47.2 Å². The van der Waals surface area contributed by atoms with Crippen molar-refractivity contribution in [1.29, 1.82) is 0 Å². The number of fused-ring (bicyclic) bond motifs is 2. The van der Waals surface area contributed by atoms with Gasteiger partial charge in [-0.15, -0.1) is 0 Å². The quantitative estimate of drug-likeness (QED) is 0.567. The van der Waals surface area contributed by atoms with Crippen LogP contribution in [0, 0.1) is 0 Å². The van der Waals surface area contributed by atoms with Gasteiger partial charge in [0.15, 0.2) is 0 Å². The Kier molecular flexibility index (Phi) is 2.97. The van der Waals surface area contributed by atoms with Crippen LogP contribution in [0.3, 0.4) is 0 Å². The van der Waals surface area contributed by atoms with Crippen LogP contribution in [0.2, 0.25) is 0 Å². The molecular formula is C19H15N3. The van der Waals surface area contributed by atoms with Gasteiger partial charge < -0.3 is 5.73 Å². The molecule has 0 radical (unpaired) electrons. The standard InChI is InChI=1S/C19H15N3/c20-17-5-4-14-9-18(22-11-16(14)8-17)10-15-3-1-2-13-6-7-21-12-19(13)15/h1-9,11-12H,10,20H2. The summed E-state index contributed by atoms with van der Waals surface area (Å²) in [6.45, 7) is 0. The van der Waals surface area contributed by atoms with Crippen molar-refractivity contribution in [2.24, 2.45) is 0 Å². The van der Waals surface area contributed by atoms with Crippen LogP contribution in [-0.4, -0.2) is 9.97 Å². The minimum atomic E-state index is 0.766. The van der Waals surface area contributed by atoms with Gasteiger partial charge in [0.2, 0.25) is 0 Å². The summed E-state index contributed by atoms with van der Waals surface area (Å²) in [7, 11) is 0. The van der Waals surface area contributed by atoms with Crippen LogP contribution in [0.5, 0.6) is 0 Å². The lowest BCUT2D eigenvalue weighted by Gasteiger charge is -2.07. The number of hydrogen-bond acceptors (Lipinski definition) is 3. The topological polar surface area (TPSA) is 51.8 Å². The third-order valence-electron chi connectivity index (χ3n) is 3.95. The van der Waals surface area contributed by atoms with E-state index in [2.05, 4.69) is 34.2 Å². The smallest absolute Gasteiger partial charge is 0.0454 e. The molecule has 0 amide bonds. The first-order valence-corrected chi connectivity index (χ1v) is 7.25. The molecule has 4 rings (SSSR count). The van der Waals surface area contributed by atoms with Crippen molar-refractivity contribution >= 4 is 27.2 Å². The highest BCUT2D eigenvalue weighted by atomic mass is 14.7. The Balaban J connectivity index is 1.77. The monoisotopic (exact) mass is 285 g/mol. The number of rotatable bonds is 2. The maximum Gasteiger partial charge on any atom is 0.0454 e. The van der Waals surface area contributed by atoms with Crippen molar-refractivity contribution in [3.05, 3.63) is 78.4 Å². The summed E-state index contributed by atoms with van der Waals surface area (Å²) in [5, 5.41) is 4.63. The molecule has 0 saturated carbocycles. The lowest BCUT2D eigenvalue weighted by Crippen LogP contribution is -1.94. The van der Waals surface area contributed by atoms with Crippen molar-refractivity contribution in [2.75, 3.05) is 5.73 Å². The van der Waals surface area contributed by atoms with Crippen molar-refractivity contribution in [3.63, 3.8) is 0 Å². The molecule has 106 valence electrons. The molecule has 0 saturated heterocycles. The fraction of sp³-hybridized carbons (Fsp3) is 0.0526. The van der Waals surface area contributed by atoms with Crippen molar-refractivity contribution < 1.29 is 0 Å². The summed E-state index contributed by atoms with van der Waals surface area (Å²) in [5.74, 6) is 0. The van der Waals surface area contributed by atoms with E-state index in [4.69, 9.17) is 5.73 Å². The summed E-state index contributed by atoms with van der Waals surface area (Å²) in [5.41, 5.74) is 8.87. The average molecular weight is 285 g/mol. The highest BCUT2D eigenvalue weighted by Gasteiger charge is 2.04. The van der Waals surface area contributed by atoms with E-state index in [9.17, 15) is 0 Å². The highest BCUT2D eigenvalue weighted by Crippen LogP contribution is 2.22. The summed E-state index contributed by atoms with van der Waals surface area (Å²) in [6, 6.07) is 16.4.